The van der Waals surface area contributed by atoms with E-state index in [1.54, 1.807) is 31.5 Å². The van der Waals surface area contributed by atoms with E-state index in [4.69, 9.17) is 0 Å². The van der Waals surface area contributed by atoms with E-state index in [0.29, 0.717) is 11.3 Å². The van der Waals surface area contributed by atoms with E-state index in [-0.39, 0.29) is 0 Å². The molecule has 3 aromatic rings. The van der Waals surface area contributed by atoms with E-state index < -0.39 is 11.9 Å². The lowest BCUT2D eigenvalue weighted by Crippen LogP contribution is -2.00. The predicted molar refractivity (Wildman–Crippen MR) is 79.6 cm³/mol. The van der Waals surface area contributed by atoms with Gasteiger partial charge in [0.15, 0.2) is 0 Å². The number of aliphatic hydroxyl groups is 1. The normalized spacial score (nSPS) is 12.3. The minimum Gasteiger partial charge on any atom is -0.389 e. The van der Waals surface area contributed by atoms with Gasteiger partial charge in [-0.05, 0) is 30.2 Å². The van der Waals surface area contributed by atoms with E-state index in [1.165, 1.54) is 10.7 Å². The summed E-state index contributed by atoms with van der Waals surface area (Å²) in [6, 6.07) is 14.5. The molecule has 0 saturated carbocycles. The van der Waals surface area contributed by atoms with Crippen molar-refractivity contribution in [1.29, 1.82) is 0 Å². The van der Waals surface area contributed by atoms with Gasteiger partial charge >= 0.3 is 0 Å². The van der Waals surface area contributed by atoms with Crippen LogP contribution in [0.4, 0.5) is 4.39 Å². The molecule has 21 heavy (non-hydrogen) atoms. The molecule has 1 aromatic heterocycles. The lowest BCUT2D eigenvalue weighted by Gasteiger charge is -2.08. The van der Waals surface area contributed by atoms with Crippen LogP contribution in [0.25, 0.3) is 16.8 Å². The van der Waals surface area contributed by atoms with Gasteiger partial charge in [0.2, 0.25) is 0 Å². The number of hydrogen-bond donors (Lipinski definition) is 1. The summed E-state index contributed by atoms with van der Waals surface area (Å²) in [4.78, 5) is 0. The molecule has 1 unspecified atom stereocenters. The molecular formula is C17H15FN2O. The Bertz CT molecular complexity index is 750. The molecule has 0 bridgehead atoms. The Morgan fingerprint density at radius 2 is 1.86 bits per heavy atom. The molecule has 0 aliphatic rings. The second kappa shape index (κ2) is 5.50. The Balaban J connectivity index is 1.97. The molecule has 0 spiro atoms. The maximum atomic E-state index is 14.1. The van der Waals surface area contributed by atoms with Crippen LogP contribution >= 0.6 is 0 Å². The topological polar surface area (TPSA) is 38.0 Å². The number of aliphatic hydroxyl groups excluding tert-OH is 1. The number of halogens is 1. The zero-order chi connectivity index (χ0) is 14.8. The van der Waals surface area contributed by atoms with Crippen LogP contribution < -0.4 is 0 Å². The largest absolute Gasteiger partial charge is 0.389 e. The van der Waals surface area contributed by atoms with E-state index >= 15 is 0 Å². The zero-order valence-electron chi connectivity index (χ0n) is 11.6. The lowest BCUT2D eigenvalue weighted by atomic mass is 10.1. The summed E-state index contributed by atoms with van der Waals surface area (Å²) >= 11 is 0. The molecular weight excluding hydrogens is 267 g/mol. The van der Waals surface area contributed by atoms with Crippen molar-refractivity contribution in [3.05, 3.63) is 72.3 Å². The smallest absolute Gasteiger partial charge is 0.149 e. The van der Waals surface area contributed by atoms with Gasteiger partial charge in [0, 0.05) is 11.8 Å². The molecule has 2 aromatic carbocycles. The first kappa shape index (κ1) is 13.5. The average Bonchev–Trinajstić information content (AvgIpc) is 2.97. The molecule has 0 aliphatic carbocycles. The lowest BCUT2D eigenvalue weighted by molar-refractivity contribution is 0.199. The summed E-state index contributed by atoms with van der Waals surface area (Å²) in [5.74, 6) is -0.406. The van der Waals surface area contributed by atoms with Crippen molar-refractivity contribution >= 4 is 0 Å². The molecule has 3 nitrogen and oxygen atoms in total. The summed E-state index contributed by atoms with van der Waals surface area (Å²) in [6.45, 7) is 1.61. The standard InChI is InChI=1S/C17H15FN2O/c1-12(21)14-7-8-17(16(18)9-14)20-11-15(10-19-20)13-5-3-2-4-6-13/h2-12,21H,1H3. The third-order valence-electron chi connectivity index (χ3n) is 3.39. The van der Waals surface area contributed by atoms with E-state index in [2.05, 4.69) is 5.10 Å². The third kappa shape index (κ3) is 2.71. The molecule has 0 aliphatic heterocycles. The highest BCUT2D eigenvalue weighted by Crippen LogP contribution is 2.22. The highest BCUT2D eigenvalue weighted by molar-refractivity contribution is 5.62. The first-order valence-electron chi connectivity index (χ1n) is 6.73. The van der Waals surface area contributed by atoms with Crippen LogP contribution in [0.5, 0.6) is 0 Å². The van der Waals surface area contributed by atoms with Crippen LogP contribution in [0.2, 0.25) is 0 Å². The molecule has 3 rings (SSSR count). The van der Waals surface area contributed by atoms with Gasteiger partial charge in [0.1, 0.15) is 11.5 Å². The fourth-order valence-electron chi connectivity index (χ4n) is 2.20. The molecule has 1 N–H and O–H groups in total. The summed E-state index contributed by atoms with van der Waals surface area (Å²) in [7, 11) is 0. The summed E-state index contributed by atoms with van der Waals surface area (Å²) in [5.41, 5.74) is 2.87. The number of aromatic nitrogens is 2. The zero-order valence-corrected chi connectivity index (χ0v) is 11.6. The van der Waals surface area contributed by atoms with Gasteiger partial charge in [0.05, 0.1) is 12.3 Å². The minimum absolute atomic E-state index is 0.363. The van der Waals surface area contributed by atoms with Gasteiger partial charge in [-0.25, -0.2) is 9.07 Å². The van der Waals surface area contributed by atoms with Gasteiger partial charge in [-0.1, -0.05) is 36.4 Å². The highest BCUT2D eigenvalue weighted by atomic mass is 19.1. The SMILES string of the molecule is CC(O)c1ccc(-n2cc(-c3ccccc3)cn2)c(F)c1. The number of benzene rings is 2. The van der Waals surface area contributed by atoms with E-state index in [1.807, 2.05) is 30.3 Å². The number of nitrogens with zero attached hydrogens (tertiary/aromatic N) is 2. The van der Waals surface area contributed by atoms with Gasteiger partial charge in [-0.2, -0.15) is 5.10 Å². The monoisotopic (exact) mass is 282 g/mol. The Labute approximate surface area is 122 Å². The van der Waals surface area contributed by atoms with Crippen LogP contribution in [0.3, 0.4) is 0 Å². The number of hydrogen-bond acceptors (Lipinski definition) is 2. The Hall–Kier alpha value is -2.46. The molecule has 0 amide bonds. The van der Waals surface area contributed by atoms with Gasteiger partial charge in [-0.3, -0.25) is 0 Å². The maximum Gasteiger partial charge on any atom is 0.149 e. The molecule has 4 heteroatoms. The summed E-state index contributed by atoms with van der Waals surface area (Å²) in [6.07, 6.45) is 2.80. The second-order valence-corrected chi connectivity index (χ2v) is 4.93. The summed E-state index contributed by atoms with van der Waals surface area (Å²) in [5, 5.41) is 13.7. The Morgan fingerprint density at radius 3 is 2.52 bits per heavy atom. The van der Waals surface area contributed by atoms with Crippen molar-refractivity contribution in [3.63, 3.8) is 0 Å². The van der Waals surface area contributed by atoms with Crippen molar-refractivity contribution in [1.82, 2.24) is 9.78 Å². The molecule has 0 fully saturated rings. The van der Waals surface area contributed by atoms with Gasteiger partial charge < -0.3 is 5.11 Å². The van der Waals surface area contributed by atoms with Crippen LogP contribution in [-0.4, -0.2) is 14.9 Å². The minimum atomic E-state index is -0.689. The van der Waals surface area contributed by atoms with Crippen LogP contribution in [0.15, 0.2) is 60.9 Å². The quantitative estimate of drug-likeness (QED) is 0.795. The molecule has 1 atom stereocenters. The van der Waals surface area contributed by atoms with Crippen molar-refractivity contribution in [2.24, 2.45) is 0 Å². The fourth-order valence-corrected chi connectivity index (χ4v) is 2.20. The van der Waals surface area contributed by atoms with Crippen molar-refractivity contribution in [2.75, 3.05) is 0 Å². The second-order valence-electron chi connectivity index (χ2n) is 4.93. The van der Waals surface area contributed by atoms with E-state index in [9.17, 15) is 9.50 Å². The number of rotatable bonds is 3. The first-order valence-corrected chi connectivity index (χ1v) is 6.73. The van der Waals surface area contributed by atoms with Gasteiger partial charge in [0.25, 0.3) is 0 Å². The molecule has 0 saturated heterocycles. The maximum absolute atomic E-state index is 14.1. The van der Waals surface area contributed by atoms with Crippen LogP contribution in [-0.2, 0) is 0 Å². The van der Waals surface area contributed by atoms with Crippen LogP contribution in [0.1, 0.15) is 18.6 Å². The Kier molecular flexibility index (Phi) is 3.54. The van der Waals surface area contributed by atoms with E-state index in [0.717, 1.165) is 11.1 Å². The average molecular weight is 282 g/mol. The molecule has 0 radical (unpaired) electrons. The Morgan fingerprint density at radius 1 is 1.10 bits per heavy atom. The summed E-state index contributed by atoms with van der Waals surface area (Å²) < 4.78 is 15.6. The van der Waals surface area contributed by atoms with Crippen LogP contribution in [0, 0.1) is 5.82 Å². The van der Waals surface area contributed by atoms with Crippen molar-refractivity contribution in [2.45, 2.75) is 13.0 Å². The fraction of sp³-hybridized carbons (Fsp3) is 0.118. The highest BCUT2D eigenvalue weighted by Gasteiger charge is 2.10. The van der Waals surface area contributed by atoms with Crippen molar-refractivity contribution < 1.29 is 9.50 Å². The predicted octanol–water partition coefficient (Wildman–Crippen LogP) is 3.73. The molecule has 106 valence electrons. The molecule has 1 heterocycles. The van der Waals surface area contributed by atoms with Crippen molar-refractivity contribution in [3.8, 4) is 16.8 Å². The van der Waals surface area contributed by atoms with Gasteiger partial charge in [-0.15, -0.1) is 0 Å². The third-order valence-corrected chi connectivity index (χ3v) is 3.39. The first-order chi connectivity index (χ1) is 10.1.